The van der Waals surface area contributed by atoms with Crippen molar-refractivity contribution in [3.63, 3.8) is 0 Å². The predicted octanol–water partition coefficient (Wildman–Crippen LogP) is 2.03. The summed E-state index contributed by atoms with van der Waals surface area (Å²) in [6.07, 6.45) is 4.44. The van der Waals surface area contributed by atoms with Crippen LogP contribution >= 0.6 is 0 Å². The van der Waals surface area contributed by atoms with Crippen molar-refractivity contribution in [3.8, 4) is 22.6 Å². The molecule has 1 saturated heterocycles. The Balaban J connectivity index is 1.57. The largest absolute Gasteiger partial charge is 0.326 e. The van der Waals surface area contributed by atoms with E-state index < -0.39 is 0 Å². The minimum Gasteiger partial charge on any atom is -0.326 e. The van der Waals surface area contributed by atoms with E-state index >= 15 is 0 Å². The SMILES string of the molecule is N[C@@H]1CCN(Cc2ccc(-c3nc(-c4ccncc4)cc(=O)[nH]3)cc2)C1. The smallest absolute Gasteiger partial charge is 0.251 e. The second-order valence-corrected chi connectivity index (χ2v) is 6.70. The van der Waals surface area contributed by atoms with Crippen LogP contribution in [-0.4, -0.2) is 39.0 Å². The Morgan fingerprint density at radius 3 is 2.58 bits per heavy atom. The Kier molecular flexibility index (Phi) is 4.60. The number of likely N-dealkylation sites (tertiary alicyclic amines) is 1. The van der Waals surface area contributed by atoms with Crippen LogP contribution in [0.3, 0.4) is 0 Å². The number of hydrogen-bond donors (Lipinski definition) is 2. The van der Waals surface area contributed by atoms with Gasteiger partial charge in [-0.15, -0.1) is 0 Å². The predicted molar refractivity (Wildman–Crippen MR) is 101 cm³/mol. The molecule has 1 aromatic carbocycles. The van der Waals surface area contributed by atoms with Gasteiger partial charge in [-0.1, -0.05) is 24.3 Å². The summed E-state index contributed by atoms with van der Waals surface area (Å²) in [5.74, 6) is 0.569. The quantitative estimate of drug-likeness (QED) is 0.754. The number of benzene rings is 1. The van der Waals surface area contributed by atoms with Gasteiger partial charge >= 0.3 is 0 Å². The molecule has 0 aliphatic carbocycles. The van der Waals surface area contributed by atoms with Gasteiger partial charge in [-0.3, -0.25) is 14.7 Å². The third-order valence-corrected chi connectivity index (χ3v) is 4.66. The highest BCUT2D eigenvalue weighted by Crippen LogP contribution is 2.20. The zero-order chi connectivity index (χ0) is 17.9. The van der Waals surface area contributed by atoms with Crippen molar-refractivity contribution < 1.29 is 0 Å². The fourth-order valence-electron chi connectivity index (χ4n) is 3.30. The molecule has 0 unspecified atom stereocenters. The Hall–Kier alpha value is -2.83. The molecule has 1 aliphatic rings. The van der Waals surface area contributed by atoms with Gasteiger partial charge in [0.2, 0.25) is 0 Å². The van der Waals surface area contributed by atoms with Crippen molar-refractivity contribution in [2.75, 3.05) is 13.1 Å². The van der Waals surface area contributed by atoms with Crippen LogP contribution in [0.1, 0.15) is 12.0 Å². The second-order valence-electron chi connectivity index (χ2n) is 6.70. The minimum absolute atomic E-state index is 0.169. The summed E-state index contributed by atoms with van der Waals surface area (Å²) in [6.45, 7) is 2.89. The van der Waals surface area contributed by atoms with Gasteiger partial charge in [-0.2, -0.15) is 0 Å². The number of aromatic nitrogens is 3. The molecule has 6 nitrogen and oxygen atoms in total. The Morgan fingerprint density at radius 2 is 1.88 bits per heavy atom. The molecule has 3 N–H and O–H groups in total. The fourth-order valence-corrected chi connectivity index (χ4v) is 3.30. The maximum Gasteiger partial charge on any atom is 0.251 e. The molecule has 1 atom stereocenters. The lowest BCUT2D eigenvalue weighted by molar-refractivity contribution is 0.327. The lowest BCUT2D eigenvalue weighted by Gasteiger charge is -2.15. The van der Waals surface area contributed by atoms with E-state index in [4.69, 9.17) is 5.73 Å². The lowest BCUT2D eigenvalue weighted by Crippen LogP contribution is -2.26. The van der Waals surface area contributed by atoms with Crippen molar-refractivity contribution in [1.82, 2.24) is 19.9 Å². The molecule has 0 saturated carbocycles. The molecule has 4 rings (SSSR count). The number of nitrogens with one attached hydrogen (secondary N) is 1. The summed E-state index contributed by atoms with van der Waals surface area (Å²) in [4.78, 5) is 25.9. The first-order chi connectivity index (χ1) is 12.7. The monoisotopic (exact) mass is 347 g/mol. The van der Waals surface area contributed by atoms with Gasteiger partial charge in [0.1, 0.15) is 5.82 Å². The molecule has 1 aliphatic heterocycles. The van der Waals surface area contributed by atoms with E-state index in [-0.39, 0.29) is 5.56 Å². The van der Waals surface area contributed by atoms with E-state index in [0.717, 1.165) is 37.2 Å². The van der Waals surface area contributed by atoms with Gasteiger partial charge in [0.25, 0.3) is 5.56 Å². The van der Waals surface area contributed by atoms with Crippen LogP contribution < -0.4 is 11.3 Å². The van der Waals surface area contributed by atoms with Gasteiger partial charge < -0.3 is 10.7 Å². The van der Waals surface area contributed by atoms with Crippen molar-refractivity contribution in [2.24, 2.45) is 5.73 Å². The summed E-state index contributed by atoms with van der Waals surface area (Å²) >= 11 is 0. The molecule has 132 valence electrons. The summed E-state index contributed by atoms with van der Waals surface area (Å²) in [5, 5.41) is 0. The van der Waals surface area contributed by atoms with E-state index in [0.29, 0.717) is 17.6 Å². The lowest BCUT2D eigenvalue weighted by atomic mass is 10.1. The summed E-state index contributed by atoms with van der Waals surface area (Å²) in [7, 11) is 0. The first kappa shape index (κ1) is 16.6. The second kappa shape index (κ2) is 7.19. The molecule has 3 aromatic rings. The average molecular weight is 347 g/mol. The van der Waals surface area contributed by atoms with E-state index in [2.05, 4.69) is 32.0 Å². The van der Waals surface area contributed by atoms with Crippen molar-refractivity contribution in [1.29, 1.82) is 0 Å². The molecule has 1 fully saturated rings. The third-order valence-electron chi connectivity index (χ3n) is 4.66. The van der Waals surface area contributed by atoms with Crippen molar-refractivity contribution in [3.05, 3.63) is 70.8 Å². The number of aromatic amines is 1. The molecule has 6 heteroatoms. The molecule has 0 bridgehead atoms. The van der Waals surface area contributed by atoms with Crippen LogP contribution in [0.25, 0.3) is 22.6 Å². The van der Waals surface area contributed by atoms with Gasteiger partial charge in [-0.05, 0) is 24.1 Å². The third kappa shape index (κ3) is 3.71. The maximum absolute atomic E-state index is 12.1. The molecule has 3 heterocycles. The van der Waals surface area contributed by atoms with Crippen LogP contribution in [0.4, 0.5) is 0 Å². The minimum atomic E-state index is -0.169. The van der Waals surface area contributed by atoms with Gasteiger partial charge in [0, 0.05) is 55.3 Å². The molecule has 26 heavy (non-hydrogen) atoms. The van der Waals surface area contributed by atoms with Gasteiger partial charge in [-0.25, -0.2) is 4.98 Å². The van der Waals surface area contributed by atoms with E-state index in [1.165, 1.54) is 11.6 Å². The average Bonchev–Trinajstić information content (AvgIpc) is 3.07. The highest BCUT2D eigenvalue weighted by Gasteiger charge is 2.18. The number of nitrogens with two attached hydrogens (primary N) is 1. The molecule has 0 radical (unpaired) electrons. The molecular formula is C20H21N5O. The van der Waals surface area contributed by atoms with E-state index in [9.17, 15) is 4.79 Å². The van der Waals surface area contributed by atoms with Crippen LogP contribution in [0.2, 0.25) is 0 Å². The van der Waals surface area contributed by atoms with Crippen LogP contribution in [-0.2, 0) is 6.54 Å². The molecular weight excluding hydrogens is 326 g/mol. The van der Waals surface area contributed by atoms with Crippen LogP contribution in [0, 0.1) is 0 Å². The van der Waals surface area contributed by atoms with Gasteiger partial charge in [0.05, 0.1) is 5.69 Å². The summed E-state index contributed by atoms with van der Waals surface area (Å²) < 4.78 is 0. The van der Waals surface area contributed by atoms with E-state index in [1.807, 2.05) is 24.3 Å². The fraction of sp³-hybridized carbons (Fsp3) is 0.250. The number of pyridine rings is 1. The van der Waals surface area contributed by atoms with Gasteiger partial charge in [0.15, 0.2) is 0 Å². The summed E-state index contributed by atoms with van der Waals surface area (Å²) in [5.41, 5.74) is 9.43. The standard InChI is InChI=1S/C20H21N5O/c21-17-7-10-25(13-17)12-14-1-3-16(4-2-14)20-23-18(11-19(26)24-20)15-5-8-22-9-6-15/h1-6,8-9,11,17H,7,10,12-13,21H2,(H,23,24,26)/t17-/m1/s1. The highest BCUT2D eigenvalue weighted by atomic mass is 16.1. The van der Waals surface area contributed by atoms with E-state index in [1.54, 1.807) is 12.4 Å². The Labute approximate surface area is 151 Å². The zero-order valence-electron chi connectivity index (χ0n) is 14.4. The highest BCUT2D eigenvalue weighted by molar-refractivity contribution is 5.63. The number of nitrogens with zero attached hydrogens (tertiary/aromatic N) is 3. The van der Waals surface area contributed by atoms with Crippen molar-refractivity contribution >= 4 is 0 Å². The van der Waals surface area contributed by atoms with Crippen molar-refractivity contribution in [2.45, 2.75) is 19.0 Å². The maximum atomic E-state index is 12.1. The van der Waals surface area contributed by atoms with Crippen LogP contribution in [0.5, 0.6) is 0 Å². The first-order valence-electron chi connectivity index (χ1n) is 8.76. The molecule has 0 amide bonds. The topological polar surface area (TPSA) is 87.9 Å². The first-order valence-corrected chi connectivity index (χ1v) is 8.76. The number of hydrogen-bond acceptors (Lipinski definition) is 5. The normalized spacial score (nSPS) is 17.5. The van der Waals surface area contributed by atoms with Crippen LogP contribution in [0.15, 0.2) is 59.7 Å². The Morgan fingerprint density at radius 1 is 1.12 bits per heavy atom. The number of rotatable bonds is 4. The molecule has 0 spiro atoms. The Bertz CT molecular complexity index is 936. The number of H-pyrrole nitrogens is 1. The molecule has 2 aromatic heterocycles. The zero-order valence-corrected chi connectivity index (χ0v) is 14.4. The summed E-state index contributed by atoms with van der Waals surface area (Å²) in [6, 6.07) is 13.6.